The van der Waals surface area contributed by atoms with E-state index in [9.17, 15) is 31.1 Å². The second kappa shape index (κ2) is 7.10. The molecule has 0 aliphatic carbocycles. The van der Waals surface area contributed by atoms with Crippen LogP contribution in [0.2, 0.25) is 0 Å². The Labute approximate surface area is 121 Å². The molecule has 0 radical (unpaired) electrons. The lowest BCUT2D eigenvalue weighted by molar-refractivity contribution is -0.316. The van der Waals surface area contributed by atoms with Crippen molar-refractivity contribution in [3.8, 4) is 0 Å². The van der Waals surface area contributed by atoms with Crippen LogP contribution in [0.15, 0.2) is 30.3 Å². The highest BCUT2D eigenvalue weighted by molar-refractivity contribution is 5.52. The highest BCUT2D eigenvalue weighted by Crippen LogP contribution is 2.34. The van der Waals surface area contributed by atoms with Crippen molar-refractivity contribution in [1.82, 2.24) is 0 Å². The third-order valence-electron chi connectivity index (χ3n) is 2.50. The molecule has 0 aliphatic rings. The smallest absolute Gasteiger partial charge is 0.336 e. The molecule has 0 fully saturated rings. The standard InChI is InChI=1S/C13H12F6O3/c14-12(15,16)8-21-11(6-7-20,22-9-13(17,18)19)10-4-2-1-3-5-10/h1-5,7H,6,8-9H2. The maximum Gasteiger partial charge on any atom is 0.411 e. The van der Waals surface area contributed by atoms with Gasteiger partial charge in [0.25, 0.3) is 0 Å². The van der Waals surface area contributed by atoms with E-state index in [2.05, 4.69) is 9.47 Å². The van der Waals surface area contributed by atoms with Crippen molar-refractivity contribution in [3.05, 3.63) is 35.9 Å². The summed E-state index contributed by atoms with van der Waals surface area (Å²) in [5, 5.41) is 0. The van der Waals surface area contributed by atoms with Crippen molar-refractivity contribution in [3.63, 3.8) is 0 Å². The average Bonchev–Trinajstić information content (AvgIpc) is 2.41. The lowest BCUT2D eigenvalue weighted by atomic mass is 10.0. The van der Waals surface area contributed by atoms with Gasteiger partial charge in [-0.2, -0.15) is 26.3 Å². The van der Waals surface area contributed by atoms with Crippen LogP contribution < -0.4 is 0 Å². The van der Waals surface area contributed by atoms with Gasteiger partial charge in [0.05, 0.1) is 6.42 Å². The van der Waals surface area contributed by atoms with Gasteiger partial charge in [0.1, 0.15) is 19.5 Å². The number of aldehydes is 1. The van der Waals surface area contributed by atoms with Crippen LogP contribution in [0.3, 0.4) is 0 Å². The number of halogens is 6. The molecule has 1 aromatic rings. The zero-order valence-corrected chi connectivity index (χ0v) is 11.1. The summed E-state index contributed by atoms with van der Waals surface area (Å²) in [5.74, 6) is -2.45. The maximum absolute atomic E-state index is 12.3. The first-order valence-electron chi connectivity index (χ1n) is 5.98. The van der Waals surface area contributed by atoms with E-state index in [4.69, 9.17) is 0 Å². The Kier molecular flexibility index (Phi) is 5.95. The van der Waals surface area contributed by atoms with E-state index in [1.165, 1.54) is 30.3 Å². The molecule has 3 nitrogen and oxygen atoms in total. The van der Waals surface area contributed by atoms with Gasteiger partial charge in [-0.1, -0.05) is 30.3 Å². The zero-order chi connectivity index (χ0) is 16.9. The molecule has 0 saturated carbocycles. The van der Waals surface area contributed by atoms with Crippen molar-refractivity contribution >= 4 is 6.29 Å². The molecule has 0 atom stereocenters. The van der Waals surface area contributed by atoms with E-state index in [1.54, 1.807) is 0 Å². The fourth-order valence-electron chi connectivity index (χ4n) is 1.64. The Balaban J connectivity index is 3.10. The normalized spacial score (nSPS) is 13.2. The van der Waals surface area contributed by atoms with E-state index in [1.807, 2.05) is 0 Å². The van der Waals surface area contributed by atoms with Gasteiger partial charge in [-0.05, 0) is 0 Å². The minimum Gasteiger partial charge on any atom is -0.336 e. The van der Waals surface area contributed by atoms with Crippen molar-refractivity contribution in [2.24, 2.45) is 0 Å². The number of carbonyl (C=O) groups excluding carboxylic acids is 1. The fourth-order valence-corrected chi connectivity index (χ4v) is 1.64. The number of alkyl halides is 6. The lowest BCUT2D eigenvalue weighted by Gasteiger charge is -2.33. The summed E-state index contributed by atoms with van der Waals surface area (Å²) in [4.78, 5) is 10.7. The van der Waals surface area contributed by atoms with Crippen LogP contribution >= 0.6 is 0 Å². The highest BCUT2D eigenvalue weighted by Gasteiger charge is 2.42. The highest BCUT2D eigenvalue weighted by atomic mass is 19.4. The lowest BCUT2D eigenvalue weighted by Crippen LogP contribution is -2.39. The third kappa shape index (κ3) is 6.02. The molecule has 9 heteroatoms. The molecule has 0 amide bonds. The monoisotopic (exact) mass is 330 g/mol. The Morgan fingerprint density at radius 2 is 1.32 bits per heavy atom. The molecular formula is C13H12F6O3. The molecule has 0 bridgehead atoms. The van der Waals surface area contributed by atoms with Crippen LogP contribution in [0.1, 0.15) is 12.0 Å². The number of rotatable bonds is 7. The molecule has 0 heterocycles. The van der Waals surface area contributed by atoms with Gasteiger partial charge in [-0.25, -0.2) is 0 Å². The topological polar surface area (TPSA) is 35.5 Å². The Hall–Kier alpha value is -1.61. The second-order valence-electron chi connectivity index (χ2n) is 4.30. The Morgan fingerprint density at radius 3 is 1.68 bits per heavy atom. The predicted octanol–water partition coefficient (Wildman–Crippen LogP) is 3.59. The summed E-state index contributed by atoms with van der Waals surface area (Å²) in [6.07, 6.45) is -10.3. The zero-order valence-electron chi connectivity index (χ0n) is 11.1. The third-order valence-corrected chi connectivity index (χ3v) is 2.50. The van der Waals surface area contributed by atoms with Crippen molar-refractivity contribution in [2.75, 3.05) is 13.2 Å². The largest absolute Gasteiger partial charge is 0.411 e. The van der Waals surface area contributed by atoms with Crippen LogP contribution in [-0.4, -0.2) is 31.9 Å². The number of hydrogen-bond donors (Lipinski definition) is 0. The molecule has 0 saturated heterocycles. The average molecular weight is 330 g/mol. The second-order valence-corrected chi connectivity index (χ2v) is 4.30. The molecule has 0 aromatic heterocycles. The number of ether oxygens (including phenoxy) is 2. The molecule has 0 spiro atoms. The molecule has 1 aromatic carbocycles. The fraction of sp³-hybridized carbons (Fsp3) is 0.462. The number of hydrogen-bond acceptors (Lipinski definition) is 3. The van der Waals surface area contributed by atoms with Gasteiger partial charge in [0.15, 0.2) is 0 Å². The summed E-state index contributed by atoms with van der Waals surface area (Å²) in [5.41, 5.74) is -0.115. The maximum atomic E-state index is 12.3. The quantitative estimate of drug-likeness (QED) is 0.435. The first kappa shape index (κ1) is 18.4. The Bertz CT molecular complexity index is 451. The van der Waals surface area contributed by atoms with Gasteiger partial charge in [-0.3, -0.25) is 0 Å². The van der Waals surface area contributed by atoms with Gasteiger partial charge in [0.2, 0.25) is 5.79 Å². The van der Waals surface area contributed by atoms with Crippen LogP contribution in [-0.2, 0) is 20.1 Å². The molecule has 0 N–H and O–H groups in total. The molecule has 124 valence electrons. The molecule has 1 rings (SSSR count). The summed E-state index contributed by atoms with van der Waals surface area (Å²) in [6, 6.07) is 6.70. The molecular weight excluding hydrogens is 318 g/mol. The summed E-state index contributed by atoms with van der Waals surface area (Å²) in [6.45, 7) is -3.71. The van der Waals surface area contributed by atoms with Crippen LogP contribution in [0.25, 0.3) is 0 Å². The Morgan fingerprint density at radius 1 is 0.864 bits per heavy atom. The van der Waals surface area contributed by atoms with Gasteiger partial charge < -0.3 is 14.3 Å². The van der Waals surface area contributed by atoms with Gasteiger partial charge >= 0.3 is 12.4 Å². The summed E-state index contributed by atoms with van der Waals surface area (Å²) in [7, 11) is 0. The SMILES string of the molecule is O=CCC(OCC(F)(F)F)(OCC(F)(F)F)c1ccccc1. The summed E-state index contributed by atoms with van der Waals surface area (Å²) >= 11 is 0. The van der Waals surface area contributed by atoms with Crippen molar-refractivity contribution < 1.29 is 40.6 Å². The van der Waals surface area contributed by atoms with E-state index in [-0.39, 0.29) is 11.8 Å². The van der Waals surface area contributed by atoms with Crippen molar-refractivity contribution in [2.45, 2.75) is 24.6 Å². The van der Waals surface area contributed by atoms with E-state index in [0.29, 0.717) is 0 Å². The van der Waals surface area contributed by atoms with Crippen LogP contribution in [0.4, 0.5) is 26.3 Å². The summed E-state index contributed by atoms with van der Waals surface area (Å²) < 4.78 is 83.0. The van der Waals surface area contributed by atoms with Crippen LogP contribution in [0.5, 0.6) is 0 Å². The molecule has 0 unspecified atom stereocenters. The minimum absolute atomic E-state index is 0.115. The van der Waals surface area contributed by atoms with E-state index in [0.717, 1.165) is 0 Å². The predicted molar refractivity (Wildman–Crippen MR) is 62.8 cm³/mol. The van der Waals surface area contributed by atoms with Crippen LogP contribution in [0, 0.1) is 0 Å². The van der Waals surface area contributed by atoms with Crippen molar-refractivity contribution in [1.29, 1.82) is 0 Å². The van der Waals surface area contributed by atoms with Gasteiger partial charge in [0, 0.05) is 5.56 Å². The first-order chi connectivity index (χ1) is 10.1. The number of benzene rings is 1. The first-order valence-corrected chi connectivity index (χ1v) is 5.98. The van der Waals surface area contributed by atoms with E-state index >= 15 is 0 Å². The molecule has 0 aliphatic heterocycles. The minimum atomic E-state index is -4.79. The van der Waals surface area contributed by atoms with Gasteiger partial charge in [-0.15, -0.1) is 0 Å². The van der Waals surface area contributed by atoms with E-state index < -0.39 is 37.8 Å². The number of carbonyl (C=O) groups is 1. The molecule has 22 heavy (non-hydrogen) atoms.